The maximum absolute atomic E-state index is 12.7. The molecule has 1 saturated heterocycles. The second-order valence-electron chi connectivity index (χ2n) is 5.26. The van der Waals surface area contributed by atoms with Crippen LogP contribution in [0.5, 0.6) is 5.75 Å². The van der Waals surface area contributed by atoms with Gasteiger partial charge in [0.25, 0.3) is 5.91 Å². The first-order valence-electron chi connectivity index (χ1n) is 6.62. The molecule has 2 atom stereocenters. The fourth-order valence-corrected chi connectivity index (χ4v) is 2.45. The molecule has 0 radical (unpaired) electrons. The van der Waals surface area contributed by atoms with Gasteiger partial charge in [0.05, 0.1) is 6.54 Å². The standard InChI is InChI=1S/C14H15ClF3NO3/c1-9(22-11-4-2-3-10(15)7-11)12(20)19-6-5-13(21,8-19)14(16,17)18/h2-4,7,9,21H,5-6,8H2,1H3/t9-,13+/m0/s1. The SMILES string of the molecule is C[C@H](Oc1cccc(Cl)c1)C(=O)N1CC[C@](O)(C(F)(F)F)C1. The molecule has 1 aromatic carbocycles. The van der Waals surface area contributed by atoms with Crippen LogP contribution in [0.3, 0.4) is 0 Å². The molecule has 1 N–H and O–H groups in total. The van der Waals surface area contributed by atoms with Gasteiger partial charge in [-0.2, -0.15) is 13.2 Å². The lowest BCUT2D eigenvalue weighted by atomic mass is 10.0. The zero-order chi connectivity index (χ0) is 16.5. The van der Waals surface area contributed by atoms with Crippen molar-refractivity contribution in [2.24, 2.45) is 0 Å². The van der Waals surface area contributed by atoms with Crippen LogP contribution in [0.2, 0.25) is 5.02 Å². The zero-order valence-corrected chi connectivity index (χ0v) is 12.5. The topological polar surface area (TPSA) is 49.8 Å². The molecule has 0 spiro atoms. The third-order valence-electron chi connectivity index (χ3n) is 3.54. The number of carbonyl (C=O) groups is 1. The smallest absolute Gasteiger partial charge is 0.419 e. The van der Waals surface area contributed by atoms with Crippen molar-refractivity contribution in [1.82, 2.24) is 4.90 Å². The third-order valence-corrected chi connectivity index (χ3v) is 3.78. The highest BCUT2D eigenvalue weighted by Crippen LogP contribution is 2.37. The van der Waals surface area contributed by atoms with E-state index in [4.69, 9.17) is 16.3 Å². The molecule has 1 aliphatic rings. The minimum Gasteiger partial charge on any atom is -0.481 e. The zero-order valence-electron chi connectivity index (χ0n) is 11.7. The second-order valence-corrected chi connectivity index (χ2v) is 5.69. The quantitative estimate of drug-likeness (QED) is 0.922. The predicted octanol–water partition coefficient (Wildman–Crippen LogP) is 2.63. The number of nitrogens with zero attached hydrogens (tertiary/aromatic N) is 1. The minimum absolute atomic E-state index is 0.169. The summed E-state index contributed by atoms with van der Waals surface area (Å²) >= 11 is 5.79. The fraction of sp³-hybridized carbons (Fsp3) is 0.500. The third kappa shape index (κ3) is 3.47. The Hall–Kier alpha value is -1.47. The Morgan fingerprint density at radius 3 is 2.73 bits per heavy atom. The van der Waals surface area contributed by atoms with Gasteiger partial charge in [0.1, 0.15) is 5.75 Å². The van der Waals surface area contributed by atoms with E-state index >= 15 is 0 Å². The first-order chi connectivity index (χ1) is 10.1. The van der Waals surface area contributed by atoms with E-state index < -0.39 is 36.8 Å². The minimum atomic E-state index is -4.76. The number of likely N-dealkylation sites (tertiary alicyclic amines) is 1. The van der Waals surface area contributed by atoms with E-state index in [9.17, 15) is 23.1 Å². The van der Waals surface area contributed by atoms with Crippen LogP contribution in [0.1, 0.15) is 13.3 Å². The van der Waals surface area contributed by atoms with Gasteiger partial charge in [0, 0.05) is 18.0 Å². The molecule has 0 bridgehead atoms. The Balaban J connectivity index is 2.00. The largest absolute Gasteiger partial charge is 0.481 e. The highest BCUT2D eigenvalue weighted by Gasteiger charge is 2.58. The maximum atomic E-state index is 12.7. The number of amides is 1. The number of rotatable bonds is 3. The summed E-state index contributed by atoms with van der Waals surface area (Å²) in [5.74, 6) is -0.265. The van der Waals surface area contributed by atoms with Crippen molar-refractivity contribution in [3.05, 3.63) is 29.3 Å². The molecule has 8 heteroatoms. The molecule has 0 unspecified atom stereocenters. The summed E-state index contributed by atoms with van der Waals surface area (Å²) in [4.78, 5) is 13.1. The monoisotopic (exact) mass is 337 g/mol. The lowest BCUT2D eigenvalue weighted by Crippen LogP contribution is -2.49. The Morgan fingerprint density at radius 2 is 2.18 bits per heavy atom. The van der Waals surface area contributed by atoms with Crippen LogP contribution in [0, 0.1) is 0 Å². The summed E-state index contributed by atoms with van der Waals surface area (Å²) in [6.07, 6.45) is -6.28. The molecule has 0 aromatic heterocycles. The molecule has 2 rings (SSSR count). The molecule has 0 aliphatic carbocycles. The van der Waals surface area contributed by atoms with Crippen LogP contribution in [-0.4, -0.2) is 46.9 Å². The fourth-order valence-electron chi connectivity index (χ4n) is 2.27. The number of β-amino-alcohol motifs (C(OH)–C–C–N with tert-alkyl or cyclic N) is 1. The average molecular weight is 338 g/mol. The number of alkyl halides is 3. The first kappa shape index (κ1) is 16.9. The summed E-state index contributed by atoms with van der Waals surface area (Å²) < 4.78 is 43.6. The Morgan fingerprint density at radius 1 is 1.50 bits per heavy atom. The van der Waals surface area contributed by atoms with Gasteiger partial charge in [-0.05, 0) is 25.1 Å². The Bertz CT molecular complexity index is 567. The van der Waals surface area contributed by atoms with Crippen molar-refractivity contribution < 1.29 is 27.8 Å². The molecule has 122 valence electrons. The summed E-state index contributed by atoms with van der Waals surface area (Å²) in [7, 11) is 0. The average Bonchev–Trinajstić information content (AvgIpc) is 2.81. The number of ether oxygens (including phenoxy) is 1. The number of aliphatic hydroxyl groups is 1. The van der Waals surface area contributed by atoms with Crippen molar-refractivity contribution >= 4 is 17.5 Å². The number of benzene rings is 1. The molecule has 1 aliphatic heterocycles. The molecular weight excluding hydrogens is 323 g/mol. The van der Waals surface area contributed by atoms with Gasteiger partial charge in [-0.1, -0.05) is 17.7 Å². The van der Waals surface area contributed by atoms with E-state index in [2.05, 4.69) is 0 Å². The van der Waals surface area contributed by atoms with Crippen LogP contribution in [-0.2, 0) is 4.79 Å². The van der Waals surface area contributed by atoms with Gasteiger partial charge < -0.3 is 14.7 Å². The molecule has 1 amide bonds. The van der Waals surface area contributed by atoms with Gasteiger partial charge in [0.15, 0.2) is 11.7 Å². The van der Waals surface area contributed by atoms with Crippen LogP contribution in [0.4, 0.5) is 13.2 Å². The van der Waals surface area contributed by atoms with Gasteiger partial charge in [0.2, 0.25) is 0 Å². The highest BCUT2D eigenvalue weighted by molar-refractivity contribution is 6.30. The van der Waals surface area contributed by atoms with Gasteiger partial charge in [-0.3, -0.25) is 4.79 Å². The second kappa shape index (κ2) is 5.96. The van der Waals surface area contributed by atoms with Crippen LogP contribution < -0.4 is 4.74 Å². The maximum Gasteiger partial charge on any atom is 0.419 e. The van der Waals surface area contributed by atoms with Gasteiger partial charge >= 0.3 is 6.18 Å². The highest BCUT2D eigenvalue weighted by atomic mass is 35.5. The van der Waals surface area contributed by atoms with Crippen LogP contribution >= 0.6 is 11.6 Å². The van der Waals surface area contributed by atoms with Crippen LogP contribution in [0.15, 0.2) is 24.3 Å². The summed E-state index contributed by atoms with van der Waals surface area (Å²) in [6, 6.07) is 6.35. The molecule has 0 saturated carbocycles. The van der Waals surface area contributed by atoms with Crippen molar-refractivity contribution in [3.8, 4) is 5.75 Å². The van der Waals surface area contributed by atoms with Crippen molar-refractivity contribution in [2.45, 2.75) is 31.2 Å². The number of halogens is 4. The van der Waals surface area contributed by atoms with Crippen molar-refractivity contribution in [2.75, 3.05) is 13.1 Å². The molecule has 22 heavy (non-hydrogen) atoms. The van der Waals surface area contributed by atoms with Gasteiger partial charge in [-0.15, -0.1) is 0 Å². The van der Waals surface area contributed by atoms with E-state index in [1.165, 1.54) is 13.0 Å². The molecular formula is C14H15ClF3NO3. The van der Waals surface area contributed by atoms with E-state index in [1.807, 2.05) is 0 Å². The van der Waals surface area contributed by atoms with Crippen LogP contribution in [0.25, 0.3) is 0 Å². The number of carbonyl (C=O) groups excluding carboxylic acids is 1. The summed E-state index contributed by atoms with van der Waals surface area (Å²) in [5.41, 5.74) is -2.85. The Labute approximate surface area is 130 Å². The van der Waals surface area contributed by atoms with E-state index in [1.54, 1.807) is 18.2 Å². The molecule has 1 fully saturated rings. The van der Waals surface area contributed by atoms with Gasteiger partial charge in [-0.25, -0.2) is 0 Å². The van der Waals surface area contributed by atoms with E-state index in [0.29, 0.717) is 10.8 Å². The van der Waals surface area contributed by atoms with Crippen molar-refractivity contribution in [1.29, 1.82) is 0 Å². The molecule has 4 nitrogen and oxygen atoms in total. The predicted molar refractivity (Wildman–Crippen MR) is 73.7 cm³/mol. The van der Waals surface area contributed by atoms with E-state index in [-0.39, 0.29) is 6.54 Å². The lowest BCUT2D eigenvalue weighted by molar-refractivity contribution is -0.253. The van der Waals surface area contributed by atoms with E-state index in [0.717, 1.165) is 4.90 Å². The first-order valence-corrected chi connectivity index (χ1v) is 7.00. The Kier molecular flexibility index (Phi) is 4.58. The normalized spacial score (nSPS) is 23.5. The lowest BCUT2D eigenvalue weighted by Gasteiger charge is -2.27. The molecule has 1 aromatic rings. The number of hydrogen-bond acceptors (Lipinski definition) is 3. The summed E-state index contributed by atoms with van der Waals surface area (Å²) in [5, 5.41) is 10.00. The number of hydrogen-bond donors (Lipinski definition) is 1. The molecule has 1 heterocycles. The summed E-state index contributed by atoms with van der Waals surface area (Å²) in [6.45, 7) is 0.491. The van der Waals surface area contributed by atoms with Crippen molar-refractivity contribution in [3.63, 3.8) is 0 Å².